The minimum Gasteiger partial charge on any atom is -0.355 e. The normalized spacial score (nSPS) is 10.2. The highest BCUT2D eigenvalue weighted by atomic mass is 79.9. The van der Waals surface area contributed by atoms with Gasteiger partial charge in [0.2, 0.25) is 11.8 Å². The SMILES string of the molecule is O=C(CSCC(=O)Nc1cccc(Br)c1)NCCc1ccccc1. The molecule has 0 fully saturated rings. The highest BCUT2D eigenvalue weighted by molar-refractivity contribution is 9.10. The quantitative estimate of drug-likeness (QED) is 0.705. The maximum atomic E-state index is 11.8. The lowest BCUT2D eigenvalue weighted by Gasteiger charge is -2.07. The van der Waals surface area contributed by atoms with E-state index in [1.165, 1.54) is 17.3 Å². The van der Waals surface area contributed by atoms with Crippen LogP contribution in [-0.4, -0.2) is 29.9 Å². The van der Waals surface area contributed by atoms with E-state index in [0.29, 0.717) is 6.54 Å². The number of hydrogen-bond acceptors (Lipinski definition) is 3. The molecule has 0 unspecified atom stereocenters. The molecule has 0 atom stereocenters. The first-order valence-corrected chi connectivity index (χ1v) is 9.52. The molecule has 0 aromatic heterocycles. The molecule has 0 saturated carbocycles. The Morgan fingerprint density at radius 1 is 0.958 bits per heavy atom. The third-order valence-corrected chi connectivity index (χ3v) is 4.58. The number of rotatable bonds is 8. The van der Waals surface area contributed by atoms with E-state index in [1.807, 2.05) is 54.6 Å². The Labute approximate surface area is 154 Å². The van der Waals surface area contributed by atoms with E-state index in [-0.39, 0.29) is 23.3 Å². The molecule has 2 aromatic rings. The van der Waals surface area contributed by atoms with Crippen molar-refractivity contribution in [2.75, 3.05) is 23.4 Å². The van der Waals surface area contributed by atoms with Crippen molar-refractivity contribution in [1.29, 1.82) is 0 Å². The Morgan fingerprint density at radius 3 is 2.46 bits per heavy atom. The smallest absolute Gasteiger partial charge is 0.234 e. The Morgan fingerprint density at radius 2 is 1.71 bits per heavy atom. The number of amides is 2. The molecule has 0 spiro atoms. The van der Waals surface area contributed by atoms with Gasteiger partial charge in [-0.3, -0.25) is 9.59 Å². The van der Waals surface area contributed by atoms with Gasteiger partial charge in [-0.05, 0) is 30.2 Å². The average molecular weight is 407 g/mol. The van der Waals surface area contributed by atoms with E-state index >= 15 is 0 Å². The first-order chi connectivity index (χ1) is 11.6. The molecule has 4 nitrogen and oxygen atoms in total. The van der Waals surface area contributed by atoms with Gasteiger partial charge < -0.3 is 10.6 Å². The predicted octanol–water partition coefficient (Wildman–Crippen LogP) is 3.48. The van der Waals surface area contributed by atoms with E-state index in [1.54, 1.807) is 0 Å². The zero-order valence-electron chi connectivity index (χ0n) is 13.1. The monoisotopic (exact) mass is 406 g/mol. The van der Waals surface area contributed by atoms with Gasteiger partial charge in [0, 0.05) is 16.7 Å². The molecule has 0 heterocycles. The molecule has 126 valence electrons. The molecule has 0 aliphatic carbocycles. The van der Waals surface area contributed by atoms with Crippen LogP contribution in [0.1, 0.15) is 5.56 Å². The van der Waals surface area contributed by atoms with E-state index in [0.717, 1.165) is 16.6 Å². The van der Waals surface area contributed by atoms with Crippen LogP contribution in [0.2, 0.25) is 0 Å². The number of anilines is 1. The molecule has 24 heavy (non-hydrogen) atoms. The zero-order valence-corrected chi connectivity index (χ0v) is 15.5. The van der Waals surface area contributed by atoms with Crippen molar-refractivity contribution in [3.63, 3.8) is 0 Å². The highest BCUT2D eigenvalue weighted by Gasteiger charge is 2.06. The van der Waals surface area contributed by atoms with Crippen LogP contribution in [0.3, 0.4) is 0 Å². The van der Waals surface area contributed by atoms with Crippen LogP contribution in [0, 0.1) is 0 Å². The lowest BCUT2D eigenvalue weighted by Crippen LogP contribution is -2.28. The zero-order chi connectivity index (χ0) is 17.2. The molecule has 0 aliphatic rings. The van der Waals surface area contributed by atoms with Gasteiger partial charge in [-0.2, -0.15) is 0 Å². The number of hydrogen-bond donors (Lipinski definition) is 2. The Balaban J connectivity index is 1.59. The largest absolute Gasteiger partial charge is 0.355 e. The van der Waals surface area contributed by atoms with Crippen LogP contribution in [0.5, 0.6) is 0 Å². The molecule has 0 aliphatic heterocycles. The van der Waals surface area contributed by atoms with E-state index in [4.69, 9.17) is 0 Å². The van der Waals surface area contributed by atoms with Crippen molar-refractivity contribution in [2.24, 2.45) is 0 Å². The second-order valence-electron chi connectivity index (χ2n) is 5.14. The maximum Gasteiger partial charge on any atom is 0.234 e. The summed E-state index contributed by atoms with van der Waals surface area (Å²) in [5.41, 5.74) is 1.93. The first-order valence-electron chi connectivity index (χ1n) is 7.57. The predicted molar refractivity (Wildman–Crippen MR) is 103 cm³/mol. The molecule has 2 N–H and O–H groups in total. The minimum atomic E-state index is -0.116. The summed E-state index contributed by atoms with van der Waals surface area (Å²) >= 11 is 4.66. The first kappa shape index (κ1) is 18.5. The van der Waals surface area contributed by atoms with Crippen molar-refractivity contribution in [2.45, 2.75) is 6.42 Å². The number of carbonyl (C=O) groups excluding carboxylic acids is 2. The summed E-state index contributed by atoms with van der Waals surface area (Å²) in [5.74, 6) is 0.362. The van der Waals surface area contributed by atoms with Gasteiger partial charge in [-0.25, -0.2) is 0 Å². The maximum absolute atomic E-state index is 11.8. The number of nitrogens with one attached hydrogen (secondary N) is 2. The highest BCUT2D eigenvalue weighted by Crippen LogP contribution is 2.15. The minimum absolute atomic E-state index is 0.0498. The topological polar surface area (TPSA) is 58.2 Å². The standard InChI is InChI=1S/C18H19BrN2O2S/c19-15-7-4-8-16(11-15)21-18(23)13-24-12-17(22)20-10-9-14-5-2-1-3-6-14/h1-8,11H,9-10,12-13H2,(H,20,22)(H,21,23). The lowest BCUT2D eigenvalue weighted by atomic mass is 10.1. The molecular formula is C18H19BrN2O2S. The van der Waals surface area contributed by atoms with Gasteiger partial charge in [0.05, 0.1) is 11.5 Å². The molecule has 0 bridgehead atoms. The third-order valence-electron chi connectivity index (χ3n) is 3.15. The van der Waals surface area contributed by atoms with Crippen molar-refractivity contribution in [3.8, 4) is 0 Å². The number of carbonyl (C=O) groups is 2. The lowest BCUT2D eigenvalue weighted by molar-refractivity contribution is -0.118. The Hall–Kier alpha value is -1.79. The number of halogens is 1. The summed E-state index contributed by atoms with van der Waals surface area (Å²) in [7, 11) is 0. The van der Waals surface area contributed by atoms with Crippen molar-refractivity contribution >= 4 is 45.2 Å². The van der Waals surface area contributed by atoms with E-state index in [2.05, 4.69) is 26.6 Å². The van der Waals surface area contributed by atoms with Gasteiger partial charge in [-0.1, -0.05) is 52.3 Å². The van der Waals surface area contributed by atoms with E-state index in [9.17, 15) is 9.59 Å². The van der Waals surface area contributed by atoms with Crippen molar-refractivity contribution < 1.29 is 9.59 Å². The second-order valence-corrected chi connectivity index (χ2v) is 7.04. The molecule has 0 saturated heterocycles. The fraction of sp³-hybridized carbons (Fsp3) is 0.222. The van der Waals surface area contributed by atoms with Gasteiger partial charge in [0.25, 0.3) is 0 Å². The Kier molecular flexibility index (Phi) is 7.85. The van der Waals surface area contributed by atoms with Crippen molar-refractivity contribution in [1.82, 2.24) is 5.32 Å². The van der Waals surface area contributed by atoms with Crippen LogP contribution in [-0.2, 0) is 16.0 Å². The molecule has 6 heteroatoms. The van der Waals surface area contributed by atoms with Crippen molar-refractivity contribution in [3.05, 3.63) is 64.6 Å². The van der Waals surface area contributed by atoms with Crippen LogP contribution in [0.25, 0.3) is 0 Å². The summed E-state index contributed by atoms with van der Waals surface area (Å²) in [6.45, 7) is 0.605. The Bertz CT molecular complexity index is 680. The van der Waals surface area contributed by atoms with Crippen LogP contribution < -0.4 is 10.6 Å². The van der Waals surface area contributed by atoms with Gasteiger partial charge in [0.1, 0.15) is 0 Å². The average Bonchev–Trinajstić information content (AvgIpc) is 2.56. The summed E-state index contributed by atoms with van der Waals surface area (Å²) in [4.78, 5) is 23.6. The number of thioether (sulfide) groups is 1. The third kappa shape index (κ3) is 7.19. The fourth-order valence-electron chi connectivity index (χ4n) is 2.04. The summed E-state index contributed by atoms with van der Waals surface area (Å²) in [6.07, 6.45) is 0.806. The van der Waals surface area contributed by atoms with Crippen LogP contribution in [0.4, 0.5) is 5.69 Å². The summed E-state index contributed by atoms with van der Waals surface area (Å²) < 4.78 is 0.908. The van der Waals surface area contributed by atoms with Gasteiger partial charge >= 0.3 is 0 Å². The molecule has 2 rings (SSSR count). The summed E-state index contributed by atoms with van der Waals surface area (Å²) in [5, 5.41) is 5.66. The van der Waals surface area contributed by atoms with Gasteiger partial charge in [0.15, 0.2) is 0 Å². The summed E-state index contributed by atoms with van der Waals surface area (Å²) in [6, 6.07) is 17.4. The molecular weight excluding hydrogens is 388 g/mol. The van der Waals surface area contributed by atoms with Crippen LogP contribution in [0.15, 0.2) is 59.1 Å². The second kappa shape index (κ2) is 10.2. The van der Waals surface area contributed by atoms with Gasteiger partial charge in [-0.15, -0.1) is 11.8 Å². The van der Waals surface area contributed by atoms with Crippen LogP contribution >= 0.6 is 27.7 Å². The molecule has 2 aromatic carbocycles. The molecule has 2 amide bonds. The van der Waals surface area contributed by atoms with E-state index < -0.39 is 0 Å². The molecule has 0 radical (unpaired) electrons. The fourth-order valence-corrected chi connectivity index (χ4v) is 3.09. The number of benzene rings is 2.